The monoisotopic (exact) mass is 276 g/mol. The third kappa shape index (κ3) is 5.64. The lowest BCUT2D eigenvalue weighted by molar-refractivity contribution is 0.265. The fraction of sp³-hybridized carbons (Fsp3) is 0.667. The standard InChI is InChI=1S/C18H32N2/c1-5-8-14-20(7-3)15-13-18(19-6-2)17-12-10-9-11-16(17)4/h9-12,18-19H,5-8,13-15H2,1-4H3. The van der Waals surface area contributed by atoms with E-state index in [1.165, 1.54) is 43.5 Å². The molecule has 1 aromatic carbocycles. The van der Waals surface area contributed by atoms with Gasteiger partial charge >= 0.3 is 0 Å². The van der Waals surface area contributed by atoms with Crippen molar-refractivity contribution in [3.8, 4) is 0 Å². The Morgan fingerprint density at radius 3 is 2.45 bits per heavy atom. The lowest BCUT2D eigenvalue weighted by atomic mass is 9.98. The minimum atomic E-state index is 0.483. The van der Waals surface area contributed by atoms with Gasteiger partial charge in [0.2, 0.25) is 0 Å². The van der Waals surface area contributed by atoms with Crippen molar-refractivity contribution in [1.29, 1.82) is 0 Å². The molecule has 0 spiro atoms. The Kier molecular flexibility index (Phi) is 8.56. The summed E-state index contributed by atoms with van der Waals surface area (Å²) in [6.45, 7) is 13.6. The first-order valence-corrected chi connectivity index (χ1v) is 8.24. The van der Waals surface area contributed by atoms with Crippen LogP contribution in [0.5, 0.6) is 0 Å². The molecule has 2 heteroatoms. The van der Waals surface area contributed by atoms with Crippen molar-refractivity contribution >= 4 is 0 Å². The zero-order valence-electron chi connectivity index (χ0n) is 13.8. The van der Waals surface area contributed by atoms with Crippen LogP contribution < -0.4 is 5.32 Å². The Morgan fingerprint density at radius 2 is 1.85 bits per heavy atom. The Balaban J connectivity index is 2.61. The number of rotatable bonds is 10. The fourth-order valence-corrected chi connectivity index (χ4v) is 2.71. The summed E-state index contributed by atoms with van der Waals surface area (Å²) in [5.74, 6) is 0. The quantitative estimate of drug-likeness (QED) is 0.690. The van der Waals surface area contributed by atoms with E-state index in [2.05, 4.69) is 62.2 Å². The summed E-state index contributed by atoms with van der Waals surface area (Å²) >= 11 is 0. The molecule has 0 saturated carbocycles. The van der Waals surface area contributed by atoms with Crippen LogP contribution in [-0.4, -0.2) is 31.1 Å². The van der Waals surface area contributed by atoms with Gasteiger partial charge in [0.1, 0.15) is 0 Å². The number of benzene rings is 1. The number of aryl methyl sites for hydroxylation is 1. The van der Waals surface area contributed by atoms with Gasteiger partial charge in [-0.1, -0.05) is 51.5 Å². The maximum Gasteiger partial charge on any atom is 0.0334 e. The van der Waals surface area contributed by atoms with Gasteiger partial charge in [-0.2, -0.15) is 0 Å². The molecular formula is C18H32N2. The average molecular weight is 276 g/mol. The highest BCUT2D eigenvalue weighted by atomic mass is 15.1. The highest BCUT2D eigenvalue weighted by Gasteiger charge is 2.13. The first-order valence-electron chi connectivity index (χ1n) is 8.24. The number of nitrogens with zero attached hydrogens (tertiary/aromatic N) is 1. The van der Waals surface area contributed by atoms with Crippen molar-refractivity contribution in [3.63, 3.8) is 0 Å². The fourth-order valence-electron chi connectivity index (χ4n) is 2.71. The SMILES string of the molecule is CCCCN(CC)CCC(NCC)c1ccccc1C. The molecule has 1 N–H and O–H groups in total. The van der Waals surface area contributed by atoms with E-state index in [9.17, 15) is 0 Å². The van der Waals surface area contributed by atoms with Gasteiger partial charge in [0, 0.05) is 6.04 Å². The maximum atomic E-state index is 3.65. The molecule has 1 aromatic rings. The molecule has 2 nitrogen and oxygen atoms in total. The average Bonchev–Trinajstić information content (AvgIpc) is 2.47. The van der Waals surface area contributed by atoms with E-state index < -0.39 is 0 Å². The highest BCUT2D eigenvalue weighted by molar-refractivity contribution is 5.28. The maximum absolute atomic E-state index is 3.65. The summed E-state index contributed by atoms with van der Waals surface area (Å²) in [6, 6.07) is 9.25. The van der Waals surface area contributed by atoms with E-state index in [0.29, 0.717) is 6.04 Å². The summed E-state index contributed by atoms with van der Waals surface area (Å²) in [7, 11) is 0. The lowest BCUT2D eigenvalue weighted by Crippen LogP contribution is -2.30. The largest absolute Gasteiger partial charge is 0.310 e. The van der Waals surface area contributed by atoms with E-state index in [1.54, 1.807) is 0 Å². The molecule has 0 radical (unpaired) electrons. The molecule has 0 heterocycles. The minimum Gasteiger partial charge on any atom is -0.310 e. The van der Waals surface area contributed by atoms with Gasteiger partial charge in [-0.3, -0.25) is 0 Å². The second-order valence-electron chi connectivity index (χ2n) is 5.54. The van der Waals surface area contributed by atoms with E-state index in [0.717, 1.165) is 13.1 Å². The van der Waals surface area contributed by atoms with Crippen molar-refractivity contribution in [3.05, 3.63) is 35.4 Å². The summed E-state index contributed by atoms with van der Waals surface area (Å²) in [4.78, 5) is 2.58. The van der Waals surface area contributed by atoms with Gasteiger partial charge in [0.15, 0.2) is 0 Å². The van der Waals surface area contributed by atoms with Crippen molar-refractivity contribution in [2.75, 3.05) is 26.2 Å². The third-order valence-electron chi connectivity index (χ3n) is 4.02. The number of hydrogen-bond acceptors (Lipinski definition) is 2. The molecule has 114 valence electrons. The molecule has 0 aromatic heterocycles. The Morgan fingerprint density at radius 1 is 1.10 bits per heavy atom. The Bertz CT molecular complexity index is 362. The van der Waals surface area contributed by atoms with Gasteiger partial charge < -0.3 is 10.2 Å². The number of unbranched alkanes of at least 4 members (excludes halogenated alkanes) is 1. The van der Waals surface area contributed by atoms with Crippen LogP contribution in [0.25, 0.3) is 0 Å². The molecule has 0 saturated heterocycles. The van der Waals surface area contributed by atoms with Gasteiger partial charge in [0.25, 0.3) is 0 Å². The van der Waals surface area contributed by atoms with Crippen molar-refractivity contribution in [1.82, 2.24) is 10.2 Å². The van der Waals surface area contributed by atoms with Crippen LogP contribution in [-0.2, 0) is 0 Å². The molecule has 1 atom stereocenters. The molecule has 0 aliphatic carbocycles. The van der Waals surface area contributed by atoms with Crippen LogP contribution in [0.3, 0.4) is 0 Å². The molecule has 0 aliphatic rings. The molecule has 1 unspecified atom stereocenters. The van der Waals surface area contributed by atoms with Crippen molar-refractivity contribution < 1.29 is 0 Å². The zero-order valence-corrected chi connectivity index (χ0v) is 13.8. The van der Waals surface area contributed by atoms with Crippen LogP contribution in [0, 0.1) is 6.92 Å². The van der Waals surface area contributed by atoms with Crippen LogP contribution in [0.2, 0.25) is 0 Å². The molecular weight excluding hydrogens is 244 g/mol. The van der Waals surface area contributed by atoms with Crippen molar-refractivity contribution in [2.45, 2.75) is 53.0 Å². The molecule has 1 rings (SSSR count). The topological polar surface area (TPSA) is 15.3 Å². The van der Waals surface area contributed by atoms with E-state index in [4.69, 9.17) is 0 Å². The Labute approximate surface area is 125 Å². The molecule has 0 aliphatic heterocycles. The number of hydrogen-bond donors (Lipinski definition) is 1. The number of nitrogens with one attached hydrogen (secondary N) is 1. The molecule has 0 bridgehead atoms. The highest BCUT2D eigenvalue weighted by Crippen LogP contribution is 2.21. The normalized spacial score (nSPS) is 12.8. The van der Waals surface area contributed by atoms with Crippen LogP contribution in [0.4, 0.5) is 0 Å². The van der Waals surface area contributed by atoms with E-state index in [1.807, 2.05) is 0 Å². The molecule has 0 amide bonds. The predicted molar refractivity (Wildman–Crippen MR) is 89.2 cm³/mol. The predicted octanol–water partition coefficient (Wildman–Crippen LogP) is 4.16. The minimum absolute atomic E-state index is 0.483. The summed E-state index contributed by atoms with van der Waals surface area (Å²) < 4.78 is 0. The van der Waals surface area contributed by atoms with Crippen molar-refractivity contribution in [2.24, 2.45) is 0 Å². The lowest BCUT2D eigenvalue weighted by Gasteiger charge is -2.25. The van der Waals surface area contributed by atoms with E-state index >= 15 is 0 Å². The van der Waals surface area contributed by atoms with Crippen LogP contribution in [0.15, 0.2) is 24.3 Å². The molecule has 20 heavy (non-hydrogen) atoms. The summed E-state index contributed by atoms with van der Waals surface area (Å²) in [5.41, 5.74) is 2.86. The second-order valence-corrected chi connectivity index (χ2v) is 5.54. The Hall–Kier alpha value is -0.860. The van der Waals surface area contributed by atoms with Gasteiger partial charge in [-0.25, -0.2) is 0 Å². The summed E-state index contributed by atoms with van der Waals surface area (Å²) in [6.07, 6.45) is 3.78. The third-order valence-corrected chi connectivity index (χ3v) is 4.02. The van der Waals surface area contributed by atoms with Crippen LogP contribution in [0.1, 0.15) is 57.2 Å². The van der Waals surface area contributed by atoms with E-state index in [-0.39, 0.29) is 0 Å². The summed E-state index contributed by atoms with van der Waals surface area (Å²) in [5, 5.41) is 3.65. The van der Waals surface area contributed by atoms with Gasteiger partial charge in [0.05, 0.1) is 0 Å². The zero-order chi connectivity index (χ0) is 14.8. The molecule has 0 fully saturated rings. The van der Waals surface area contributed by atoms with Gasteiger partial charge in [-0.15, -0.1) is 0 Å². The smallest absolute Gasteiger partial charge is 0.0334 e. The van der Waals surface area contributed by atoms with Gasteiger partial charge in [-0.05, 0) is 57.1 Å². The first-order chi connectivity index (χ1) is 9.72. The second kappa shape index (κ2) is 9.95. The first kappa shape index (κ1) is 17.2. The van der Waals surface area contributed by atoms with Crippen LogP contribution >= 0.6 is 0 Å².